The summed E-state index contributed by atoms with van der Waals surface area (Å²) in [6.07, 6.45) is 5.44. The minimum atomic E-state index is -0.145. The molecule has 3 atom stereocenters. The molecule has 0 amide bonds. The lowest BCUT2D eigenvalue weighted by Gasteiger charge is -2.38. The first kappa shape index (κ1) is 14.3. The SMILES string of the molecule is CCOc1cccc2c1N[C@H](c1ccccc1F)[C@@H]1CC=C[C@H]21. The molecule has 2 nitrogen and oxygen atoms in total. The van der Waals surface area contributed by atoms with Gasteiger partial charge in [-0.15, -0.1) is 0 Å². The Morgan fingerprint density at radius 1 is 1.13 bits per heavy atom. The Morgan fingerprint density at radius 2 is 1.96 bits per heavy atom. The van der Waals surface area contributed by atoms with Gasteiger partial charge < -0.3 is 10.1 Å². The van der Waals surface area contributed by atoms with Crippen LogP contribution in [0.3, 0.4) is 0 Å². The molecule has 3 heteroatoms. The first-order valence-electron chi connectivity index (χ1n) is 8.23. The molecule has 0 fully saturated rings. The average molecular weight is 309 g/mol. The molecule has 23 heavy (non-hydrogen) atoms. The number of benzene rings is 2. The van der Waals surface area contributed by atoms with Crippen molar-refractivity contribution in [2.75, 3.05) is 11.9 Å². The zero-order valence-electron chi connectivity index (χ0n) is 13.1. The number of halogens is 1. The molecular formula is C20H20FNO. The predicted octanol–water partition coefficient (Wildman–Crippen LogP) is 5.05. The van der Waals surface area contributed by atoms with Crippen molar-refractivity contribution in [3.63, 3.8) is 0 Å². The van der Waals surface area contributed by atoms with Gasteiger partial charge in [0.25, 0.3) is 0 Å². The van der Waals surface area contributed by atoms with Gasteiger partial charge in [-0.3, -0.25) is 0 Å². The van der Waals surface area contributed by atoms with Crippen LogP contribution in [0.4, 0.5) is 10.1 Å². The lowest BCUT2D eigenvalue weighted by Crippen LogP contribution is -2.30. The van der Waals surface area contributed by atoms with E-state index < -0.39 is 0 Å². The third-order valence-corrected chi connectivity index (χ3v) is 4.90. The molecule has 2 aromatic carbocycles. The smallest absolute Gasteiger partial charge is 0.142 e. The Bertz CT molecular complexity index is 755. The van der Waals surface area contributed by atoms with Crippen LogP contribution in [0, 0.1) is 11.7 Å². The summed E-state index contributed by atoms with van der Waals surface area (Å²) in [7, 11) is 0. The number of nitrogens with one attached hydrogen (secondary N) is 1. The van der Waals surface area contributed by atoms with Gasteiger partial charge in [0.1, 0.15) is 11.6 Å². The number of ether oxygens (including phenoxy) is 1. The van der Waals surface area contributed by atoms with E-state index >= 15 is 0 Å². The molecule has 0 radical (unpaired) electrons. The third kappa shape index (κ3) is 2.31. The van der Waals surface area contributed by atoms with Crippen molar-refractivity contribution >= 4 is 5.69 Å². The maximum atomic E-state index is 14.4. The monoisotopic (exact) mass is 309 g/mol. The van der Waals surface area contributed by atoms with Crippen molar-refractivity contribution in [2.45, 2.75) is 25.3 Å². The Balaban J connectivity index is 1.82. The molecule has 0 bridgehead atoms. The average Bonchev–Trinajstić information content (AvgIpc) is 3.05. The molecule has 1 heterocycles. The molecule has 0 saturated carbocycles. The summed E-state index contributed by atoms with van der Waals surface area (Å²) in [5.74, 6) is 1.37. The van der Waals surface area contributed by atoms with Crippen LogP contribution in [0.15, 0.2) is 54.6 Å². The number of para-hydroxylation sites is 1. The van der Waals surface area contributed by atoms with Crippen molar-refractivity contribution in [2.24, 2.45) is 5.92 Å². The number of anilines is 1. The fourth-order valence-electron chi connectivity index (χ4n) is 3.90. The van der Waals surface area contributed by atoms with Crippen LogP contribution < -0.4 is 10.1 Å². The summed E-state index contributed by atoms with van der Waals surface area (Å²) in [5.41, 5.74) is 3.00. The van der Waals surface area contributed by atoms with E-state index in [1.807, 2.05) is 31.2 Å². The summed E-state index contributed by atoms with van der Waals surface area (Å²) in [5, 5.41) is 3.57. The molecular weight excluding hydrogens is 289 g/mol. The predicted molar refractivity (Wildman–Crippen MR) is 90.4 cm³/mol. The fraction of sp³-hybridized carbons (Fsp3) is 0.300. The highest BCUT2D eigenvalue weighted by atomic mass is 19.1. The lowest BCUT2D eigenvalue weighted by atomic mass is 9.77. The number of hydrogen-bond acceptors (Lipinski definition) is 2. The van der Waals surface area contributed by atoms with Crippen molar-refractivity contribution in [1.29, 1.82) is 0 Å². The fourth-order valence-corrected chi connectivity index (χ4v) is 3.90. The van der Waals surface area contributed by atoms with Gasteiger partial charge in [-0.2, -0.15) is 0 Å². The van der Waals surface area contributed by atoms with Crippen LogP contribution in [-0.2, 0) is 0 Å². The molecule has 0 aromatic heterocycles. The summed E-state index contributed by atoms with van der Waals surface area (Å²) in [6.45, 7) is 2.60. The highest BCUT2D eigenvalue weighted by Gasteiger charge is 2.39. The minimum Gasteiger partial charge on any atom is -0.492 e. The van der Waals surface area contributed by atoms with Gasteiger partial charge in [-0.1, -0.05) is 42.5 Å². The third-order valence-electron chi connectivity index (χ3n) is 4.90. The van der Waals surface area contributed by atoms with Crippen molar-refractivity contribution in [3.8, 4) is 5.75 Å². The van der Waals surface area contributed by atoms with Crippen LogP contribution in [-0.4, -0.2) is 6.61 Å². The normalized spacial score (nSPS) is 24.7. The van der Waals surface area contributed by atoms with Crippen molar-refractivity contribution < 1.29 is 9.13 Å². The van der Waals surface area contributed by atoms with E-state index in [4.69, 9.17) is 4.74 Å². The summed E-state index contributed by atoms with van der Waals surface area (Å²) in [4.78, 5) is 0. The second kappa shape index (κ2) is 5.73. The molecule has 1 aliphatic heterocycles. The van der Waals surface area contributed by atoms with Gasteiger partial charge in [0.05, 0.1) is 18.3 Å². The van der Waals surface area contributed by atoms with Gasteiger partial charge in [0.15, 0.2) is 0 Å². The highest BCUT2D eigenvalue weighted by Crippen LogP contribution is 2.52. The minimum absolute atomic E-state index is 0.0368. The first-order valence-corrected chi connectivity index (χ1v) is 8.23. The molecule has 2 aliphatic rings. The first-order chi connectivity index (χ1) is 11.3. The van der Waals surface area contributed by atoms with E-state index in [0.29, 0.717) is 18.4 Å². The topological polar surface area (TPSA) is 21.3 Å². The van der Waals surface area contributed by atoms with E-state index in [2.05, 4.69) is 23.5 Å². The second-order valence-corrected chi connectivity index (χ2v) is 6.15. The van der Waals surface area contributed by atoms with E-state index in [0.717, 1.165) is 23.4 Å². The van der Waals surface area contributed by atoms with E-state index in [9.17, 15) is 4.39 Å². The molecule has 4 rings (SSSR count). The van der Waals surface area contributed by atoms with Gasteiger partial charge in [-0.25, -0.2) is 4.39 Å². The van der Waals surface area contributed by atoms with Gasteiger partial charge in [-0.05, 0) is 37.0 Å². The Kier molecular flexibility index (Phi) is 3.56. The van der Waals surface area contributed by atoms with Crippen LogP contribution >= 0.6 is 0 Å². The molecule has 1 N–H and O–H groups in total. The van der Waals surface area contributed by atoms with E-state index in [1.165, 1.54) is 5.56 Å². The van der Waals surface area contributed by atoms with Crippen molar-refractivity contribution in [1.82, 2.24) is 0 Å². The zero-order valence-corrected chi connectivity index (χ0v) is 13.1. The Labute approximate surface area is 136 Å². The van der Waals surface area contributed by atoms with Gasteiger partial charge >= 0.3 is 0 Å². The number of rotatable bonds is 3. The number of hydrogen-bond donors (Lipinski definition) is 1. The summed E-state index contributed by atoms with van der Waals surface area (Å²) < 4.78 is 20.2. The van der Waals surface area contributed by atoms with E-state index in [1.54, 1.807) is 12.1 Å². The summed E-state index contributed by atoms with van der Waals surface area (Å²) in [6, 6.07) is 13.2. The molecule has 1 aliphatic carbocycles. The van der Waals surface area contributed by atoms with Crippen LogP contribution in [0.2, 0.25) is 0 Å². The Morgan fingerprint density at radius 3 is 2.78 bits per heavy atom. The largest absolute Gasteiger partial charge is 0.492 e. The van der Waals surface area contributed by atoms with Gasteiger partial charge in [0.2, 0.25) is 0 Å². The second-order valence-electron chi connectivity index (χ2n) is 6.15. The molecule has 2 aromatic rings. The van der Waals surface area contributed by atoms with Crippen molar-refractivity contribution in [3.05, 3.63) is 71.6 Å². The quantitative estimate of drug-likeness (QED) is 0.801. The lowest BCUT2D eigenvalue weighted by molar-refractivity contribution is 0.336. The summed E-state index contributed by atoms with van der Waals surface area (Å²) >= 11 is 0. The number of allylic oxidation sites excluding steroid dienone is 2. The maximum absolute atomic E-state index is 14.4. The molecule has 0 unspecified atom stereocenters. The maximum Gasteiger partial charge on any atom is 0.142 e. The van der Waals surface area contributed by atoms with Gasteiger partial charge in [0, 0.05) is 11.5 Å². The van der Waals surface area contributed by atoms with Crippen LogP contribution in [0.5, 0.6) is 5.75 Å². The van der Waals surface area contributed by atoms with Crippen LogP contribution in [0.1, 0.15) is 36.4 Å². The van der Waals surface area contributed by atoms with Crippen LogP contribution in [0.25, 0.3) is 0 Å². The molecule has 0 spiro atoms. The number of fused-ring (bicyclic) bond motifs is 3. The highest BCUT2D eigenvalue weighted by molar-refractivity contribution is 5.67. The molecule has 0 saturated heterocycles. The van der Waals surface area contributed by atoms with E-state index in [-0.39, 0.29) is 11.9 Å². The molecule has 118 valence electrons. The Hall–Kier alpha value is -2.29. The standard InChI is InChI=1S/C20H20FNO/c1-2-23-18-12-6-10-15-13-8-5-9-14(13)19(22-20(15)18)16-7-3-4-11-17(16)21/h3-8,10-14,19,22H,2,9H2,1H3/t13-,14+,19-/m0/s1. The zero-order chi connectivity index (χ0) is 15.8.